The molecule has 0 saturated carbocycles. The number of hydrogen-bond acceptors (Lipinski definition) is 9. The molecule has 0 aromatic heterocycles. The van der Waals surface area contributed by atoms with Crippen LogP contribution in [0.4, 0.5) is 24.5 Å². The third kappa shape index (κ3) is 6.72. The van der Waals surface area contributed by atoms with Crippen LogP contribution in [0.25, 0.3) is 0 Å². The molecule has 13 heteroatoms. The summed E-state index contributed by atoms with van der Waals surface area (Å²) < 4.78 is 46.5. The molecule has 0 bridgehead atoms. The lowest BCUT2D eigenvalue weighted by atomic mass is 10.0. The van der Waals surface area contributed by atoms with Gasteiger partial charge in [0, 0.05) is 6.42 Å². The van der Waals surface area contributed by atoms with Gasteiger partial charge in [0.25, 0.3) is 0 Å². The van der Waals surface area contributed by atoms with E-state index in [1.165, 1.54) is 36.0 Å². The number of aryl methyl sites for hydroxylation is 2. The second-order valence-electron chi connectivity index (χ2n) is 9.68. The molecule has 2 aliphatic rings. The minimum atomic E-state index is -4.81. The van der Waals surface area contributed by atoms with Crippen molar-refractivity contribution in [3.63, 3.8) is 0 Å². The van der Waals surface area contributed by atoms with Crippen LogP contribution in [0.5, 0.6) is 5.75 Å². The number of hydrazone groups is 1. The molecular weight excluding hydrogens is 583 g/mol. The zero-order chi connectivity index (χ0) is 30.7. The fourth-order valence-electron chi connectivity index (χ4n) is 4.76. The molecule has 5 rings (SSSR count). The lowest BCUT2D eigenvalue weighted by molar-refractivity contribution is -0.274. The van der Waals surface area contributed by atoms with Crippen LogP contribution in [-0.4, -0.2) is 54.2 Å². The predicted molar refractivity (Wildman–Crippen MR) is 160 cm³/mol. The number of benzene rings is 3. The summed E-state index contributed by atoms with van der Waals surface area (Å²) in [5.41, 5.74) is 5.26. The van der Waals surface area contributed by atoms with Crippen molar-refractivity contribution in [2.45, 2.75) is 32.7 Å². The van der Waals surface area contributed by atoms with Crippen LogP contribution in [0.3, 0.4) is 0 Å². The molecule has 222 valence electrons. The minimum Gasteiger partial charge on any atom is -0.467 e. The zero-order valence-corrected chi connectivity index (χ0v) is 24.1. The van der Waals surface area contributed by atoms with Gasteiger partial charge in [0.05, 0.1) is 36.2 Å². The molecule has 1 amide bonds. The largest absolute Gasteiger partial charge is 0.573 e. The smallest absolute Gasteiger partial charge is 0.467 e. The maximum atomic E-state index is 12.6. The molecule has 0 spiro atoms. The number of nitrogens with zero attached hydrogens (tertiary/aromatic N) is 5. The van der Waals surface area contributed by atoms with Gasteiger partial charge in [-0.05, 0) is 60.4 Å². The maximum absolute atomic E-state index is 12.6. The lowest BCUT2D eigenvalue weighted by Crippen LogP contribution is -2.35. The van der Waals surface area contributed by atoms with E-state index < -0.39 is 18.4 Å². The molecule has 2 heterocycles. The molecule has 1 saturated heterocycles. The quantitative estimate of drug-likeness (QED) is 0.190. The molecule has 1 unspecified atom stereocenters. The van der Waals surface area contributed by atoms with Crippen molar-refractivity contribution < 1.29 is 32.2 Å². The average Bonchev–Trinajstić information content (AvgIpc) is 3.57. The van der Waals surface area contributed by atoms with Crippen molar-refractivity contribution in [2.24, 2.45) is 15.3 Å². The van der Waals surface area contributed by atoms with Gasteiger partial charge < -0.3 is 9.47 Å². The van der Waals surface area contributed by atoms with Crippen molar-refractivity contribution in [3.05, 3.63) is 89.0 Å². The van der Waals surface area contributed by atoms with Crippen molar-refractivity contribution in [3.8, 4) is 5.75 Å². The summed E-state index contributed by atoms with van der Waals surface area (Å²) in [5.74, 6) is -0.681. The number of halogens is 3. The van der Waals surface area contributed by atoms with Crippen LogP contribution in [0.15, 0.2) is 82.0 Å². The van der Waals surface area contributed by atoms with Crippen LogP contribution in [-0.2, 0) is 14.3 Å². The fraction of sp³-hybridized carbons (Fsp3) is 0.233. The first kappa shape index (κ1) is 29.8. The zero-order valence-electron chi connectivity index (χ0n) is 23.3. The first-order valence-corrected chi connectivity index (χ1v) is 14.1. The summed E-state index contributed by atoms with van der Waals surface area (Å²) in [6, 6.07) is 17.4. The van der Waals surface area contributed by atoms with Crippen molar-refractivity contribution in [1.29, 1.82) is 0 Å². The average molecular weight is 610 g/mol. The number of methoxy groups -OCH3 is 1. The van der Waals surface area contributed by atoms with Gasteiger partial charge in [0.1, 0.15) is 5.75 Å². The highest BCUT2D eigenvalue weighted by molar-refractivity contribution is 8.15. The molecule has 2 aliphatic heterocycles. The summed E-state index contributed by atoms with van der Waals surface area (Å²) in [5, 5.41) is 15.0. The van der Waals surface area contributed by atoms with Crippen molar-refractivity contribution in [1.82, 2.24) is 0 Å². The van der Waals surface area contributed by atoms with Gasteiger partial charge in [-0.15, -0.1) is 18.3 Å². The van der Waals surface area contributed by atoms with Gasteiger partial charge in [-0.2, -0.15) is 10.2 Å². The van der Waals surface area contributed by atoms with Crippen LogP contribution < -0.4 is 14.6 Å². The summed E-state index contributed by atoms with van der Waals surface area (Å²) in [6.07, 6.45) is -3.00. The topological polar surface area (TPSA) is 96.2 Å². The number of amides is 1. The number of anilines is 2. The number of carbonyl (C=O) groups is 2. The number of amidine groups is 1. The Balaban J connectivity index is 1.32. The first-order valence-electron chi connectivity index (χ1n) is 13.1. The van der Waals surface area contributed by atoms with E-state index in [-0.39, 0.29) is 23.8 Å². The Kier molecular flexibility index (Phi) is 8.53. The highest BCUT2D eigenvalue weighted by atomic mass is 32.2. The third-order valence-electron chi connectivity index (χ3n) is 6.74. The Morgan fingerprint density at radius 1 is 1.05 bits per heavy atom. The molecular formula is C30H26F3N5O4S. The Hall–Kier alpha value is -4.65. The van der Waals surface area contributed by atoms with Gasteiger partial charge in [-0.25, -0.2) is 4.79 Å². The van der Waals surface area contributed by atoms with Crippen molar-refractivity contribution in [2.75, 3.05) is 22.8 Å². The molecule has 1 atom stereocenters. The van der Waals surface area contributed by atoms with Crippen LogP contribution in [0, 0.1) is 13.8 Å². The highest BCUT2D eigenvalue weighted by Crippen LogP contribution is 2.33. The van der Waals surface area contributed by atoms with Gasteiger partial charge >= 0.3 is 12.3 Å². The normalized spacial score (nSPS) is 18.1. The number of rotatable bonds is 7. The molecule has 0 radical (unpaired) electrons. The van der Waals surface area contributed by atoms with E-state index in [4.69, 9.17) is 4.74 Å². The summed E-state index contributed by atoms with van der Waals surface area (Å²) in [4.78, 5) is 26.8. The third-order valence-corrected chi connectivity index (χ3v) is 7.65. The standard InChI is InChI=1S/C30H26F3N5O4S/c1-18-5-4-6-19(2)27(18)37-26(39)17-43-29(37)35-34-16-20-7-9-21(10-8-20)24-15-25(28(40)41-3)38(36-24)22-11-13-23(14-12-22)42-30(31,32)33/h4-14,16,25H,15,17H2,1-3H3/b34-16+,35-29-. The second kappa shape index (κ2) is 12.3. The number of alkyl halides is 3. The molecule has 1 fully saturated rings. The Labute approximate surface area is 249 Å². The number of esters is 1. The van der Waals surface area contributed by atoms with Gasteiger partial charge in [-0.3, -0.25) is 14.7 Å². The first-order chi connectivity index (χ1) is 20.5. The number of para-hydroxylation sites is 1. The van der Waals surface area contributed by atoms with Crippen LogP contribution in [0.2, 0.25) is 0 Å². The number of hydrogen-bond donors (Lipinski definition) is 0. The van der Waals surface area contributed by atoms with E-state index in [0.29, 0.717) is 16.6 Å². The SMILES string of the molecule is COC(=O)C1CC(c2ccc(/C=N/N=C3\SCC(=O)N3c3c(C)cccc3C)cc2)=NN1c1ccc(OC(F)(F)F)cc1. The Morgan fingerprint density at radius 2 is 1.72 bits per heavy atom. The highest BCUT2D eigenvalue weighted by Gasteiger charge is 2.36. The maximum Gasteiger partial charge on any atom is 0.573 e. The molecule has 3 aromatic rings. The predicted octanol–water partition coefficient (Wildman–Crippen LogP) is 5.83. The van der Waals surface area contributed by atoms with Crippen molar-refractivity contribution >= 4 is 52.1 Å². The van der Waals surface area contributed by atoms with E-state index in [9.17, 15) is 22.8 Å². The monoisotopic (exact) mass is 609 g/mol. The molecule has 9 nitrogen and oxygen atoms in total. The van der Waals surface area contributed by atoms with Crippen LogP contribution in [0.1, 0.15) is 28.7 Å². The van der Waals surface area contributed by atoms with Gasteiger partial charge in [-0.1, -0.05) is 54.2 Å². The van der Waals surface area contributed by atoms with Crippen LogP contribution >= 0.6 is 11.8 Å². The van der Waals surface area contributed by atoms with E-state index in [0.717, 1.165) is 40.1 Å². The Bertz CT molecular complexity index is 1600. The Morgan fingerprint density at radius 3 is 2.35 bits per heavy atom. The van der Waals surface area contributed by atoms with E-state index in [2.05, 4.69) is 20.0 Å². The molecule has 0 aliphatic carbocycles. The number of ether oxygens (including phenoxy) is 2. The summed E-state index contributed by atoms with van der Waals surface area (Å²) >= 11 is 1.33. The van der Waals surface area contributed by atoms with E-state index in [1.807, 2.05) is 56.3 Å². The summed E-state index contributed by atoms with van der Waals surface area (Å²) in [7, 11) is 1.26. The second-order valence-corrected chi connectivity index (χ2v) is 10.6. The summed E-state index contributed by atoms with van der Waals surface area (Å²) in [6.45, 7) is 3.90. The lowest BCUT2D eigenvalue weighted by Gasteiger charge is -2.21. The van der Waals surface area contributed by atoms with E-state index >= 15 is 0 Å². The molecule has 0 N–H and O–H groups in total. The minimum absolute atomic E-state index is 0.0528. The number of thioether (sulfide) groups is 1. The molecule has 3 aromatic carbocycles. The van der Waals surface area contributed by atoms with Gasteiger partial charge in [0.15, 0.2) is 11.2 Å². The molecule has 43 heavy (non-hydrogen) atoms. The fourth-order valence-corrected chi connectivity index (χ4v) is 5.57. The van der Waals surface area contributed by atoms with Gasteiger partial charge in [0.2, 0.25) is 5.91 Å². The van der Waals surface area contributed by atoms with E-state index in [1.54, 1.807) is 11.1 Å². The number of carbonyl (C=O) groups excluding carboxylic acids is 2.